The molecular weight excluding hydrogens is 292 g/mol. The summed E-state index contributed by atoms with van der Waals surface area (Å²) >= 11 is 0. The van der Waals surface area contributed by atoms with Gasteiger partial charge in [0.15, 0.2) is 9.84 Å². The first-order valence-electron chi connectivity index (χ1n) is 6.81. The van der Waals surface area contributed by atoms with Crippen molar-refractivity contribution < 1.29 is 17.9 Å². The van der Waals surface area contributed by atoms with Gasteiger partial charge in [-0.3, -0.25) is 9.69 Å². The number of carbonyl (C=O) groups is 1. The summed E-state index contributed by atoms with van der Waals surface area (Å²) < 4.78 is 27.8. The minimum Gasteiger partial charge on any atom is -0.497 e. The molecule has 7 heteroatoms. The number of ether oxygens (including phenoxy) is 1. The molecule has 0 saturated carbocycles. The summed E-state index contributed by atoms with van der Waals surface area (Å²) in [7, 11) is -1.30. The largest absolute Gasteiger partial charge is 0.497 e. The number of hydrogen-bond acceptors (Lipinski definition) is 5. The number of nitrogens with one attached hydrogen (secondary N) is 1. The highest BCUT2D eigenvalue weighted by Gasteiger charge is 2.22. The van der Waals surface area contributed by atoms with E-state index in [0.717, 1.165) is 11.3 Å². The molecule has 116 valence electrons. The molecule has 0 atom stereocenters. The number of nitrogens with zero attached hydrogens (tertiary/aromatic N) is 1. The van der Waals surface area contributed by atoms with E-state index in [0.29, 0.717) is 19.6 Å². The minimum atomic E-state index is -2.90. The van der Waals surface area contributed by atoms with Crippen molar-refractivity contribution in [3.63, 3.8) is 0 Å². The van der Waals surface area contributed by atoms with E-state index in [9.17, 15) is 13.2 Å². The summed E-state index contributed by atoms with van der Waals surface area (Å²) in [5, 5.41) is 2.83. The molecule has 1 aromatic rings. The topological polar surface area (TPSA) is 75.7 Å². The Hall–Kier alpha value is -1.60. The van der Waals surface area contributed by atoms with E-state index in [-0.39, 0.29) is 24.0 Å². The molecule has 1 aliphatic rings. The van der Waals surface area contributed by atoms with E-state index >= 15 is 0 Å². The predicted molar refractivity (Wildman–Crippen MR) is 79.9 cm³/mol. The SMILES string of the molecule is COc1cccc(CNC(=O)CN2CCS(=O)(=O)CC2)c1. The molecule has 0 bridgehead atoms. The summed E-state index contributed by atoms with van der Waals surface area (Å²) in [6.07, 6.45) is 0. The zero-order valence-electron chi connectivity index (χ0n) is 12.0. The lowest BCUT2D eigenvalue weighted by molar-refractivity contribution is -0.122. The quantitative estimate of drug-likeness (QED) is 0.831. The Morgan fingerprint density at radius 3 is 2.71 bits per heavy atom. The van der Waals surface area contributed by atoms with Crippen LogP contribution in [0.2, 0.25) is 0 Å². The van der Waals surface area contributed by atoms with Crippen LogP contribution in [0.5, 0.6) is 5.75 Å². The summed E-state index contributed by atoms with van der Waals surface area (Å²) in [5.74, 6) is 0.923. The van der Waals surface area contributed by atoms with Gasteiger partial charge in [-0.1, -0.05) is 12.1 Å². The molecule has 1 fully saturated rings. The van der Waals surface area contributed by atoms with Gasteiger partial charge in [-0.25, -0.2) is 8.42 Å². The van der Waals surface area contributed by atoms with Crippen LogP contribution in [-0.2, 0) is 21.2 Å². The van der Waals surface area contributed by atoms with Crippen LogP contribution < -0.4 is 10.1 Å². The molecule has 1 saturated heterocycles. The maximum atomic E-state index is 11.9. The maximum Gasteiger partial charge on any atom is 0.234 e. The van der Waals surface area contributed by atoms with Gasteiger partial charge in [0, 0.05) is 19.6 Å². The Morgan fingerprint density at radius 1 is 1.33 bits per heavy atom. The van der Waals surface area contributed by atoms with Gasteiger partial charge in [0.2, 0.25) is 5.91 Å². The number of amides is 1. The molecular formula is C14H20N2O4S. The van der Waals surface area contributed by atoms with Crippen molar-refractivity contribution in [2.75, 3.05) is 38.2 Å². The molecule has 0 aliphatic carbocycles. The number of carbonyl (C=O) groups excluding carboxylic acids is 1. The summed E-state index contributed by atoms with van der Waals surface area (Å²) in [6, 6.07) is 7.50. The second-order valence-corrected chi connectivity index (χ2v) is 7.36. The normalized spacial score (nSPS) is 18.1. The molecule has 0 aromatic heterocycles. The van der Waals surface area contributed by atoms with Crippen molar-refractivity contribution in [2.24, 2.45) is 0 Å². The molecule has 0 radical (unpaired) electrons. The molecule has 1 aromatic carbocycles. The van der Waals surface area contributed by atoms with E-state index in [2.05, 4.69) is 5.32 Å². The molecule has 1 N–H and O–H groups in total. The number of hydrogen-bond donors (Lipinski definition) is 1. The first kappa shape index (κ1) is 15.8. The van der Waals surface area contributed by atoms with Crippen molar-refractivity contribution >= 4 is 15.7 Å². The van der Waals surface area contributed by atoms with Crippen molar-refractivity contribution in [3.05, 3.63) is 29.8 Å². The monoisotopic (exact) mass is 312 g/mol. The van der Waals surface area contributed by atoms with Gasteiger partial charge in [-0.05, 0) is 17.7 Å². The molecule has 0 spiro atoms. The van der Waals surface area contributed by atoms with Crippen molar-refractivity contribution in [3.8, 4) is 5.75 Å². The van der Waals surface area contributed by atoms with Crippen LogP contribution in [0.3, 0.4) is 0 Å². The number of methoxy groups -OCH3 is 1. The van der Waals surface area contributed by atoms with Crippen LogP contribution in [0.1, 0.15) is 5.56 Å². The van der Waals surface area contributed by atoms with Gasteiger partial charge in [-0.15, -0.1) is 0 Å². The van der Waals surface area contributed by atoms with Crippen LogP contribution >= 0.6 is 0 Å². The lowest BCUT2D eigenvalue weighted by atomic mass is 10.2. The summed E-state index contributed by atoms with van der Waals surface area (Å²) in [4.78, 5) is 13.7. The number of rotatable bonds is 5. The van der Waals surface area contributed by atoms with E-state index < -0.39 is 9.84 Å². The molecule has 6 nitrogen and oxygen atoms in total. The Kier molecular flexibility index (Phi) is 5.19. The third-order valence-electron chi connectivity index (χ3n) is 3.43. The van der Waals surface area contributed by atoms with Crippen molar-refractivity contribution in [2.45, 2.75) is 6.54 Å². The number of sulfone groups is 1. The second kappa shape index (κ2) is 6.91. The first-order valence-corrected chi connectivity index (χ1v) is 8.63. The Morgan fingerprint density at radius 2 is 2.05 bits per heavy atom. The molecule has 1 aliphatic heterocycles. The number of benzene rings is 1. The van der Waals surface area contributed by atoms with Gasteiger partial charge in [-0.2, -0.15) is 0 Å². The Balaban J connectivity index is 1.77. The molecule has 1 heterocycles. The predicted octanol–water partition coefficient (Wildman–Crippen LogP) is 0.0418. The molecule has 2 rings (SSSR count). The smallest absolute Gasteiger partial charge is 0.234 e. The minimum absolute atomic E-state index is 0.0999. The average Bonchev–Trinajstić information content (AvgIpc) is 2.48. The molecule has 1 amide bonds. The van der Waals surface area contributed by atoms with Gasteiger partial charge in [0.25, 0.3) is 0 Å². The standard InChI is InChI=1S/C14H20N2O4S/c1-20-13-4-2-3-12(9-13)10-15-14(17)11-16-5-7-21(18,19)8-6-16/h2-4,9H,5-8,10-11H2,1H3,(H,15,17). The third-order valence-corrected chi connectivity index (χ3v) is 5.04. The van der Waals surface area contributed by atoms with Gasteiger partial charge in [0.05, 0.1) is 25.2 Å². The zero-order chi connectivity index (χ0) is 15.3. The Labute approximate surface area is 125 Å². The van der Waals surface area contributed by atoms with E-state index in [1.165, 1.54) is 0 Å². The lowest BCUT2D eigenvalue weighted by Gasteiger charge is -2.25. The Bertz CT molecular complexity index is 587. The second-order valence-electron chi connectivity index (χ2n) is 5.06. The third kappa shape index (κ3) is 5.02. The highest BCUT2D eigenvalue weighted by Crippen LogP contribution is 2.12. The fourth-order valence-corrected chi connectivity index (χ4v) is 3.43. The first-order chi connectivity index (χ1) is 9.98. The zero-order valence-corrected chi connectivity index (χ0v) is 12.9. The van der Waals surface area contributed by atoms with E-state index in [1.54, 1.807) is 7.11 Å². The summed E-state index contributed by atoms with van der Waals surface area (Å²) in [6.45, 7) is 1.52. The van der Waals surface area contributed by atoms with E-state index in [4.69, 9.17) is 4.74 Å². The van der Waals surface area contributed by atoms with Gasteiger partial charge < -0.3 is 10.1 Å². The van der Waals surface area contributed by atoms with Crippen molar-refractivity contribution in [1.29, 1.82) is 0 Å². The van der Waals surface area contributed by atoms with E-state index in [1.807, 2.05) is 29.2 Å². The van der Waals surface area contributed by atoms with Crippen molar-refractivity contribution in [1.82, 2.24) is 10.2 Å². The summed E-state index contributed by atoms with van der Waals surface area (Å²) in [5.41, 5.74) is 0.962. The van der Waals surface area contributed by atoms with Crippen LogP contribution in [0.25, 0.3) is 0 Å². The molecule has 21 heavy (non-hydrogen) atoms. The van der Waals surface area contributed by atoms with Gasteiger partial charge >= 0.3 is 0 Å². The fourth-order valence-electron chi connectivity index (χ4n) is 2.15. The maximum absolute atomic E-state index is 11.9. The van der Waals surface area contributed by atoms with Gasteiger partial charge in [0.1, 0.15) is 5.75 Å². The van der Waals surface area contributed by atoms with Crippen LogP contribution in [0.15, 0.2) is 24.3 Å². The average molecular weight is 312 g/mol. The van der Waals surface area contributed by atoms with Crippen LogP contribution in [0.4, 0.5) is 0 Å². The molecule has 0 unspecified atom stereocenters. The lowest BCUT2D eigenvalue weighted by Crippen LogP contribution is -2.45. The highest BCUT2D eigenvalue weighted by molar-refractivity contribution is 7.91. The van der Waals surface area contributed by atoms with Crippen LogP contribution in [0, 0.1) is 0 Å². The fraction of sp³-hybridized carbons (Fsp3) is 0.500. The van der Waals surface area contributed by atoms with Crippen LogP contribution in [-0.4, -0.2) is 57.5 Å². The highest BCUT2D eigenvalue weighted by atomic mass is 32.2.